The summed E-state index contributed by atoms with van der Waals surface area (Å²) in [4.78, 5) is 3.12. The molecule has 2 N–H and O–H groups in total. The highest BCUT2D eigenvalue weighted by Crippen LogP contribution is 2.24. The Bertz CT molecular complexity index is 648. The SMILES string of the molecule is O[C@H](COc1cccc2[nH]ccc12)Cn1cnnc1. The molecule has 0 spiro atoms. The molecule has 6 nitrogen and oxygen atoms in total. The van der Waals surface area contributed by atoms with Crippen LogP contribution in [-0.4, -0.2) is 37.6 Å². The molecule has 2 heterocycles. The van der Waals surface area contributed by atoms with E-state index in [2.05, 4.69) is 15.2 Å². The topological polar surface area (TPSA) is 76.0 Å². The van der Waals surface area contributed by atoms with Crippen molar-refractivity contribution in [3.05, 3.63) is 43.1 Å². The van der Waals surface area contributed by atoms with Crippen LogP contribution in [0, 0.1) is 0 Å². The van der Waals surface area contributed by atoms with E-state index in [1.165, 1.54) is 0 Å². The van der Waals surface area contributed by atoms with Gasteiger partial charge in [0, 0.05) is 17.1 Å². The van der Waals surface area contributed by atoms with E-state index in [0.717, 1.165) is 16.7 Å². The summed E-state index contributed by atoms with van der Waals surface area (Å²) in [5.41, 5.74) is 1.02. The monoisotopic (exact) mass is 258 g/mol. The number of benzene rings is 1. The maximum Gasteiger partial charge on any atom is 0.128 e. The van der Waals surface area contributed by atoms with Gasteiger partial charge in [0.25, 0.3) is 0 Å². The van der Waals surface area contributed by atoms with Crippen molar-refractivity contribution in [2.75, 3.05) is 6.61 Å². The maximum atomic E-state index is 9.90. The van der Waals surface area contributed by atoms with Gasteiger partial charge in [-0.1, -0.05) is 6.07 Å². The van der Waals surface area contributed by atoms with Crippen molar-refractivity contribution < 1.29 is 9.84 Å². The summed E-state index contributed by atoms with van der Waals surface area (Å²) in [7, 11) is 0. The number of aromatic nitrogens is 4. The molecule has 3 rings (SSSR count). The van der Waals surface area contributed by atoms with Crippen molar-refractivity contribution in [2.45, 2.75) is 12.6 Å². The lowest BCUT2D eigenvalue weighted by Crippen LogP contribution is -2.23. The van der Waals surface area contributed by atoms with Gasteiger partial charge in [-0.2, -0.15) is 0 Å². The second kappa shape index (κ2) is 5.11. The lowest BCUT2D eigenvalue weighted by molar-refractivity contribution is 0.0931. The zero-order valence-electron chi connectivity index (χ0n) is 10.2. The van der Waals surface area contributed by atoms with Crippen LogP contribution < -0.4 is 4.74 Å². The number of H-pyrrole nitrogens is 1. The highest BCUT2D eigenvalue weighted by Gasteiger charge is 2.08. The number of rotatable bonds is 5. The molecule has 19 heavy (non-hydrogen) atoms. The summed E-state index contributed by atoms with van der Waals surface area (Å²) >= 11 is 0. The van der Waals surface area contributed by atoms with Gasteiger partial charge in [0.05, 0.1) is 6.54 Å². The highest BCUT2D eigenvalue weighted by molar-refractivity contribution is 5.85. The second-order valence-electron chi connectivity index (χ2n) is 4.32. The summed E-state index contributed by atoms with van der Waals surface area (Å²) in [6.07, 6.45) is 4.39. The third-order valence-corrected chi connectivity index (χ3v) is 2.87. The number of aromatic amines is 1. The van der Waals surface area contributed by atoms with Crippen LogP contribution in [0.15, 0.2) is 43.1 Å². The molecule has 0 radical (unpaired) electrons. The molecule has 1 atom stereocenters. The smallest absolute Gasteiger partial charge is 0.128 e. The Morgan fingerprint density at radius 2 is 2.11 bits per heavy atom. The van der Waals surface area contributed by atoms with Crippen LogP contribution >= 0.6 is 0 Å². The number of aliphatic hydroxyl groups is 1. The summed E-state index contributed by atoms with van der Waals surface area (Å²) in [5.74, 6) is 0.765. The minimum absolute atomic E-state index is 0.225. The van der Waals surface area contributed by atoms with Crippen molar-refractivity contribution in [3.63, 3.8) is 0 Å². The fourth-order valence-corrected chi connectivity index (χ4v) is 1.98. The van der Waals surface area contributed by atoms with Gasteiger partial charge in [-0.05, 0) is 18.2 Å². The third kappa shape index (κ3) is 2.58. The van der Waals surface area contributed by atoms with Gasteiger partial charge in [0.1, 0.15) is 31.1 Å². The van der Waals surface area contributed by atoms with E-state index in [0.29, 0.717) is 6.54 Å². The number of hydrogen-bond donors (Lipinski definition) is 2. The van der Waals surface area contributed by atoms with Gasteiger partial charge in [0.15, 0.2) is 0 Å². The number of hydrogen-bond acceptors (Lipinski definition) is 4. The van der Waals surface area contributed by atoms with E-state index >= 15 is 0 Å². The summed E-state index contributed by atoms with van der Waals surface area (Å²) in [6, 6.07) is 7.74. The second-order valence-corrected chi connectivity index (χ2v) is 4.32. The van der Waals surface area contributed by atoms with E-state index in [1.54, 1.807) is 17.2 Å². The summed E-state index contributed by atoms with van der Waals surface area (Å²) in [6.45, 7) is 0.637. The molecule has 3 aromatic rings. The average Bonchev–Trinajstić information content (AvgIpc) is 3.06. The molecular formula is C13H14N4O2. The predicted molar refractivity (Wildman–Crippen MR) is 69.8 cm³/mol. The Morgan fingerprint density at radius 3 is 2.95 bits per heavy atom. The molecule has 0 aliphatic heterocycles. The number of fused-ring (bicyclic) bond motifs is 1. The Morgan fingerprint density at radius 1 is 1.26 bits per heavy atom. The first-order valence-corrected chi connectivity index (χ1v) is 6.02. The molecule has 0 bridgehead atoms. The van der Waals surface area contributed by atoms with E-state index in [1.807, 2.05) is 30.5 Å². The van der Waals surface area contributed by atoms with Gasteiger partial charge in [0.2, 0.25) is 0 Å². The highest BCUT2D eigenvalue weighted by atomic mass is 16.5. The first kappa shape index (κ1) is 11.7. The molecule has 0 unspecified atom stereocenters. The van der Waals surface area contributed by atoms with Crippen LogP contribution in [0.25, 0.3) is 10.9 Å². The molecule has 2 aromatic heterocycles. The fourth-order valence-electron chi connectivity index (χ4n) is 1.98. The zero-order chi connectivity index (χ0) is 13.1. The predicted octanol–water partition coefficient (Wildman–Crippen LogP) is 1.20. The van der Waals surface area contributed by atoms with E-state index < -0.39 is 6.10 Å². The largest absolute Gasteiger partial charge is 0.490 e. The first-order chi connectivity index (χ1) is 9.33. The lowest BCUT2D eigenvalue weighted by atomic mass is 10.2. The Kier molecular flexibility index (Phi) is 3.16. The molecule has 0 aliphatic carbocycles. The minimum atomic E-state index is -0.606. The Hall–Kier alpha value is -2.34. The van der Waals surface area contributed by atoms with E-state index in [4.69, 9.17) is 4.74 Å². The van der Waals surface area contributed by atoms with Gasteiger partial charge in [-0.15, -0.1) is 10.2 Å². The number of nitrogens with one attached hydrogen (secondary N) is 1. The molecule has 1 aromatic carbocycles. The summed E-state index contributed by atoms with van der Waals surface area (Å²) in [5, 5.41) is 18.3. The standard InChI is InChI=1S/C13H14N4O2/c18-10(6-17-8-15-16-9-17)7-19-13-3-1-2-12-11(13)4-5-14-12/h1-5,8-10,14,18H,6-7H2/t10-/m0/s1. The molecule has 0 saturated heterocycles. The van der Waals surface area contributed by atoms with Crippen LogP contribution in [0.3, 0.4) is 0 Å². The average molecular weight is 258 g/mol. The molecule has 0 aliphatic rings. The Balaban J connectivity index is 1.64. The Labute approximate surface area is 109 Å². The van der Waals surface area contributed by atoms with Gasteiger partial charge < -0.3 is 19.4 Å². The van der Waals surface area contributed by atoms with Crippen LogP contribution in [-0.2, 0) is 6.54 Å². The van der Waals surface area contributed by atoms with Crippen molar-refractivity contribution >= 4 is 10.9 Å². The van der Waals surface area contributed by atoms with E-state index in [9.17, 15) is 5.11 Å². The lowest BCUT2D eigenvalue weighted by Gasteiger charge is -2.13. The minimum Gasteiger partial charge on any atom is -0.490 e. The normalized spacial score (nSPS) is 12.7. The molecule has 0 amide bonds. The molecular weight excluding hydrogens is 244 g/mol. The molecule has 98 valence electrons. The third-order valence-electron chi connectivity index (χ3n) is 2.87. The molecule has 0 saturated carbocycles. The van der Waals surface area contributed by atoms with Crippen LogP contribution in [0.4, 0.5) is 0 Å². The van der Waals surface area contributed by atoms with Gasteiger partial charge in [-0.3, -0.25) is 0 Å². The van der Waals surface area contributed by atoms with Crippen LogP contribution in [0.5, 0.6) is 5.75 Å². The summed E-state index contributed by atoms with van der Waals surface area (Å²) < 4.78 is 7.38. The van der Waals surface area contributed by atoms with E-state index in [-0.39, 0.29) is 6.61 Å². The van der Waals surface area contributed by atoms with Crippen molar-refractivity contribution in [1.82, 2.24) is 19.7 Å². The van der Waals surface area contributed by atoms with Gasteiger partial charge >= 0.3 is 0 Å². The number of nitrogens with zero attached hydrogens (tertiary/aromatic N) is 3. The molecule has 6 heteroatoms. The first-order valence-electron chi connectivity index (χ1n) is 6.02. The fraction of sp³-hybridized carbons (Fsp3) is 0.231. The van der Waals surface area contributed by atoms with Crippen LogP contribution in [0.1, 0.15) is 0 Å². The number of aliphatic hydroxyl groups excluding tert-OH is 1. The van der Waals surface area contributed by atoms with Crippen molar-refractivity contribution in [3.8, 4) is 5.75 Å². The van der Waals surface area contributed by atoms with Crippen LogP contribution in [0.2, 0.25) is 0 Å². The molecule has 0 fully saturated rings. The van der Waals surface area contributed by atoms with Crippen molar-refractivity contribution in [1.29, 1.82) is 0 Å². The number of ether oxygens (including phenoxy) is 1. The maximum absolute atomic E-state index is 9.90. The van der Waals surface area contributed by atoms with Crippen molar-refractivity contribution in [2.24, 2.45) is 0 Å². The zero-order valence-corrected chi connectivity index (χ0v) is 10.2. The quantitative estimate of drug-likeness (QED) is 0.721. The van der Waals surface area contributed by atoms with Gasteiger partial charge in [-0.25, -0.2) is 0 Å².